The number of hydrogen-bond donors (Lipinski definition) is 0. The normalized spacial score (nSPS) is 8.36. The van der Waals surface area contributed by atoms with E-state index in [9.17, 15) is 9.18 Å². The van der Waals surface area contributed by atoms with Crippen LogP contribution in [0.3, 0.4) is 0 Å². The van der Waals surface area contributed by atoms with Gasteiger partial charge >= 0.3 is 0 Å². The molecule has 0 aliphatic heterocycles. The average molecular weight is 187 g/mol. The predicted octanol–water partition coefficient (Wildman–Crippen LogP) is 1.90. The fourth-order valence-electron chi connectivity index (χ4n) is 0.996. The van der Waals surface area contributed by atoms with E-state index in [0.29, 0.717) is 0 Å². The van der Waals surface area contributed by atoms with E-state index in [1.165, 1.54) is 25.1 Å². The van der Waals surface area contributed by atoms with Gasteiger partial charge in [-0.25, -0.2) is 4.39 Å². The van der Waals surface area contributed by atoms with Gasteiger partial charge in [0, 0.05) is 5.92 Å². The van der Waals surface area contributed by atoms with Crippen molar-refractivity contribution in [3.05, 3.63) is 35.1 Å². The van der Waals surface area contributed by atoms with E-state index in [1.54, 1.807) is 6.07 Å². The molecule has 0 aliphatic rings. The molecule has 1 rings (SSSR count). The number of halogens is 1. The third kappa shape index (κ3) is 1.97. The average Bonchev–Trinajstić information content (AvgIpc) is 2.16. The van der Waals surface area contributed by atoms with Gasteiger partial charge in [0.15, 0.2) is 11.9 Å². The second kappa shape index (κ2) is 4.20. The summed E-state index contributed by atoms with van der Waals surface area (Å²) in [5, 5.41) is 8.18. The molecule has 1 aromatic rings. The predicted molar refractivity (Wildman–Crippen MR) is 48.9 cm³/mol. The molecule has 0 radical (unpaired) electrons. The highest BCUT2D eigenvalue weighted by molar-refractivity contribution is 5.94. The number of ketones is 1. The Labute approximate surface area is 81.0 Å². The molecule has 0 saturated heterocycles. The summed E-state index contributed by atoms with van der Waals surface area (Å²) < 4.78 is 13.4. The van der Waals surface area contributed by atoms with Crippen molar-refractivity contribution < 1.29 is 9.18 Å². The van der Waals surface area contributed by atoms with Crippen LogP contribution in [-0.4, -0.2) is 5.78 Å². The van der Waals surface area contributed by atoms with Crippen molar-refractivity contribution in [3.63, 3.8) is 0 Å². The molecule has 0 aliphatic carbocycles. The molecule has 0 fully saturated rings. The third-order valence-electron chi connectivity index (χ3n) is 1.63. The molecule has 0 saturated carbocycles. The molecule has 0 amide bonds. The van der Waals surface area contributed by atoms with Gasteiger partial charge in [-0.3, -0.25) is 4.79 Å². The second-order valence-electron chi connectivity index (χ2n) is 2.59. The zero-order chi connectivity index (χ0) is 10.6. The van der Waals surface area contributed by atoms with E-state index in [0.717, 1.165) is 0 Å². The largest absolute Gasteiger partial charge is 0.294 e. The monoisotopic (exact) mass is 187 g/mol. The Morgan fingerprint density at radius 1 is 1.50 bits per heavy atom. The van der Waals surface area contributed by atoms with Gasteiger partial charge in [-0.2, -0.15) is 5.26 Å². The van der Waals surface area contributed by atoms with Crippen molar-refractivity contribution in [1.29, 1.82) is 5.26 Å². The zero-order valence-electron chi connectivity index (χ0n) is 7.47. The molecule has 0 heterocycles. The molecule has 2 nitrogen and oxygen atoms in total. The number of rotatable bonds is 1. The van der Waals surface area contributed by atoms with Crippen molar-refractivity contribution in [2.45, 2.75) is 6.92 Å². The molecule has 0 atom stereocenters. The Hall–Kier alpha value is -2.13. The highest BCUT2D eigenvalue weighted by atomic mass is 19.1. The standard InChI is InChI=1S/C11H6FNO/c1-8(14)10-6-2-4-9(11(10)12)5-3-7-13/h2,4,6H,1H3. The quantitative estimate of drug-likeness (QED) is 0.497. The van der Waals surface area contributed by atoms with Gasteiger partial charge in [0.1, 0.15) is 5.82 Å². The number of carbonyl (C=O) groups excluding carboxylic acids is 1. The molecule has 68 valence electrons. The van der Waals surface area contributed by atoms with Crippen LogP contribution in [0.1, 0.15) is 22.8 Å². The van der Waals surface area contributed by atoms with E-state index >= 15 is 0 Å². The molecular formula is C11H6FNO. The van der Waals surface area contributed by atoms with Crippen LogP contribution in [0.5, 0.6) is 0 Å². The first kappa shape index (κ1) is 9.95. The highest BCUT2D eigenvalue weighted by Crippen LogP contribution is 2.12. The number of carbonyl (C=O) groups is 1. The molecule has 1 aromatic carbocycles. The maximum Gasteiger partial charge on any atom is 0.162 e. The summed E-state index contributed by atoms with van der Waals surface area (Å²) in [6.07, 6.45) is 0. The minimum absolute atomic E-state index is 0.00487. The first-order valence-electron chi connectivity index (χ1n) is 3.86. The number of nitrogens with zero attached hydrogens (tertiary/aromatic N) is 1. The first-order chi connectivity index (χ1) is 6.66. The van der Waals surface area contributed by atoms with E-state index in [-0.39, 0.29) is 16.9 Å². The van der Waals surface area contributed by atoms with Crippen LogP contribution in [0.15, 0.2) is 18.2 Å². The van der Waals surface area contributed by atoms with Crippen molar-refractivity contribution in [1.82, 2.24) is 0 Å². The summed E-state index contributed by atoms with van der Waals surface area (Å²) >= 11 is 0. The topological polar surface area (TPSA) is 40.9 Å². The SMILES string of the molecule is CC(=O)c1cccc(C#CC#N)c1F. The smallest absolute Gasteiger partial charge is 0.162 e. The maximum absolute atomic E-state index is 13.4. The van der Waals surface area contributed by atoms with Crippen LogP contribution >= 0.6 is 0 Å². The van der Waals surface area contributed by atoms with Crippen molar-refractivity contribution in [2.24, 2.45) is 0 Å². The van der Waals surface area contributed by atoms with Crippen LogP contribution in [0, 0.1) is 29.0 Å². The van der Waals surface area contributed by atoms with Gasteiger partial charge in [-0.05, 0) is 25.0 Å². The summed E-state index contributed by atoms with van der Waals surface area (Å²) in [5.41, 5.74) is 0.0639. The summed E-state index contributed by atoms with van der Waals surface area (Å²) in [6.45, 7) is 1.28. The Balaban J connectivity index is 3.29. The summed E-state index contributed by atoms with van der Waals surface area (Å²) in [4.78, 5) is 10.9. The van der Waals surface area contributed by atoms with Gasteiger partial charge in [0.2, 0.25) is 0 Å². The van der Waals surface area contributed by atoms with Gasteiger partial charge in [0.05, 0.1) is 11.1 Å². The van der Waals surface area contributed by atoms with Crippen molar-refractivity contribution in [2.75, 3.05) is 0 Å². The lowest BCUT2D eigenvalue weighted by Crippen LogP contribution is -1.98. The third-order valence-corrected chi connectivity index (χ3v) is 1.63. The lowest BCUT2D eigenvalue weighted by molar-refractivity contribution is 0.101. The summed E-state index contributed by atoms with van der Waals surface area (Å²) in [7, 11) is 0. The molecule has 0 spiro atoms. The van der Waals surface area contributed by atoms with Crippen LogP contribution in [0.25, 0.3) is 0 Å². The lowest BCUT2D eigenvalue weighted by atomic mass is 10.1. The number of hydrogen-bond acceptors (Lipinski definition) is 2. The van der Waals surface area contributed by atoms with E-state index in [4.69, 9.17) is 5.26 Å². The Kier molecular flexibility index (Phi) is 2.99. The lowest BCUT2D eigenvalue weighted by Gasteiger charge is -1.99. The van der Waals surface area contributed by atoms with Gasteiger partial charge in [-0.15, -0.1) is 0 Å². The first-order valence-corrected chi connectivity index (χ1v) is 3.86. The van der Waals surface area contributed by atoms with Crippen LogP contribution in [0.4, 0.5) is 4.39 Å². The molecule has 0 aromatic heterocycles. The zero-order valence-corrected chi connectivity index (χ0v) is 7.47. The minimum Gasteiger partial charge on any atom is -0.294 e. The Bertz CT molecular complexity index is 474. The van der Waals surface area contributed by atoms with E-state index in [1.807, 2.05) is 0 Å². The Morgan fingerprint density at radius 2 is 2.21 bits per heavy atom. The van der Waals surface area contributed by atoms with Crippen molar-refractivity contribution in [3.8, 4) is 17.9 Å². The van der Waals surface area contributed by atoms with Gasteiger partial charge in [-0.1, -0.05) is 6.07 Å². The van der Waals surface area contributed by atoms with E-state index in [2.05, 4.69) is 11.8 Å². The fraction of sp³-hybridized carbons (Fsp3) is 0.0909. The van der Waals surface area contributed by atoms with Crippen molar-refractivity contribution >= 4 is 5.78 Å². The molecular weight excluding hydrogens is 181 g/mol. The number of nitriles is 1. The summed E-state index contributed by atoms with van der Waals surface area (Å²) in [6, 6.07) is 5.92. The molecule has 0 bridgehead atoms. The van der Waals surface area contributed by atoms with Gasteiger partial charge < -0.3 is 0 Å². The Morgan fingerprint density at radius 3 is 2.79 bits per heavy atom. The van der Waals surface area contributed by atoms with Crippen LogP contribution < -0.4 is 0 Å². The summed E-state index contributed by atoms with van der Waals surface area (Å²) in [5.74, 6) is 3.37. The molecule has 14 heavy (non-hydrogen) atoms. The molecule has 3 heteroatoms. The van der Waals surface area contributed by atoms with E-state index < -0.39 is 5.82 Å². The molecule has 0 unspecified atom stereocenters. The minimum atomic E-state index is -0.664. The maximum atomic E-state index is 13.4. The second-order valence-corrected chi connectivity index (χ2v) is 2.59. The van der Waals surface area contributed by atoms with Gasteiger partial charge in [0.25, 0.3) is 0 Å². The highest BCUT2D eigenvalue weighted by Gasteiger charge is 2.09. The molecule has 0 N–H and O–H groups in total. The van der Waals surface area contributed by atoms with Crippen LogP contribution in [-0.2, 0) is 0 Å². The van der Waals surface area contributed by atoms with Crippen LogP contribution in [0.2, 0.25) is 0 Å². The number of Topliss-reactive ketones (excluding diaryl/α,β-unsaturated/α-hetero) is 1. The fourth-order valence-corrected chi connectivity index (χ4v) is 0.996. The number of benzene rings is 1.